The lowest BCUT2D eigenvalue weighted by Gasteiger charge is -2.33. The SMILES string of the molecule is COC(=O)c1cc([N+](=O)[O-])ccc1C1(C2Cc3ccccc3C2)C=CC(Nc2ccc(Cl)c(Cl)c2)=N1. The van der Waals surface area contributed by atoms with Crippen LogP contribution in [-0.2, 0) is 23.1 Å². The summed E-state index contributed by atoms with van der Waals surface area (Å²) in [4.78, 5) is 28.9. The van der Waals surface area contributed by atoms with Crippen LogP contribution in [0.25, 0.3) is 0 Å². The van der Waals surface area contributed by atoms with Gasteiger partial charge in [0.1, 0.15) is 11.4 Å². The molecule has 1 atom stereocenters. The molecule has 7 nitrogen and oxygen atoms in total. The number of benzene rings is 3. The van der Waals surface area contributed by atoms with Crippen molar-refractivity contribution in [2.45, 2.75) is 18.4 Å². The molecular formula is C27H21Cl2N3O4. The first-order valence-corrected chi connectivity index (χ1v) is 12.0. The van der Waals surface area contributed by atoms with Crippen LogP contribution in [0.4, 0.5) is 11.4 Å². The molecule has 0 fully saturated rings. The van der Waals surface area contributed by atoms with Crippen molar-refractivity contribution in [2.75, 3.05) is 12.4 Å². The van der Waals surface area contributed by atoms with E-state index in [9.17, 15) is 14.9 Å². The number of rotatable bonds is 5. The lowest BCUT2D eigenvalue weighted by atomic mass is 9.75. The summed E-state index contributed by atoms with van der Waals surface area (Å²) in [6, 6.07) is 17.7. The number of fused-ring (bicyclic) bond motifs is 1. The number of nitro benzene ring substituents is 1. The van der Waals surface area contributed by atoms with Crippen LogP contribution in [0.15, 0.2) is 77.8 Å². The zero-order valence-corrected chi connectivity index (χ0v) is 20.7. The van der Waals surface area contributed by atoms with Gasteiger partial charge >= 0.3 is 5.97 Å². The summed E-state index contributed by atoms with van der Waals surface area (Å²) < 4.78 is 5.01. The number of nitro groups is 1. The number of amidine groups is 1. The van der Waals surface area contributed by atoms with Crippen molar-refractivity contribution in [1.82, 2.24) is 0 Å². The molecule has 5 rings (SSSR count). The molecule has 2 aliphatic rings. The van der Waals surface area contributed by atoms with Crippen molar-refractivity contribution in [1.29, 1.82) is 0 Å². The summed E-state index contributed by atoms with van der Waals surface area (Å²) in [5.41, 5.74) is 2.68. The fourth-order valence-electron chi connectivity index (χ4n) is 5.01. The van der Waals surface area contributed by atoms with Crippen molar-refractivity contribution in [3.05, 3.63) is 115 Å². The maximum Gasteiger partial charge on any atom is 0.338 e. The van der Waals surface area contributed by atoms with E-state index in [1.807, 2.05) is 24.3 Å². The predicted octanol–water partition coefficient (Wildman–Crippen LogP) is 6.38. The molecule has 0 radical (unpaired) electrons. The quantitative estimate of drug-likeness (QED) is 0.239. The molecule has 0 saturated carbocycles. The summed E-state index contributed by atoms with van der Waals surface area (Å²) in [6.07, 6.45) is 5.29. The molecule has 36 heavy (non-hydrogen) atoms. The number of aliphatic imine (C=N–C) groups is 1. The first-order valence-electron chi connectivity index (χ1n) is 11.3. The number of hydrogen-bond donors (Lipinski definition) is 1. The molecule has 3 aromatic rings. The average molecular weight is 522 g/mol. The standard InChI is InChI=1S/C27H21Cl2N3O4/c1-36-26(33)21-15-20(32(34)35)7-8-22(21)27(18-12-16-4-2-3-5-17(16)13-18)11-10-25(31-27)30-19-6-9-23(28)24(29)14-19/h2-11,14-15,18H,12-13H2,1H3,(H,30,31). The second kappa shape index (κ2) is 9.41. The van der Waals surface area contributed by atoms with Gasteiger partial charge in [0.2, 0.25) is 0 Å². The van der Waals surface area contributed by atoms with Gasteiger partial charge in [0.25, 0.3) is 5.69 Å². The number of anilines is 1. The van der Waals surface area contributed by atoms with E-state index in [2.05, 4.69) is 17.4 Å². The van der Waals surface area contributed by atoms with Crippen molar-refractivity contribution < 1.29 is 14.5 Å². The highest BCUT2D eigenvalue weighted by atomic mass is 35.5. The van der Waals surface area contributed by atoms with Crippen LogP contribution in [0.1, 0.15) is 27.0 Å². The minimum Gasteiger partial charge on any atom is -0.465 e. The molecule has 0 saturated heterocycles. The van der Waals surface area contributed by atoms with E-state index in [0.29, 0.717) is 27.1 Å². The first-order chi connectivity index (χ1) is 17.3. The molecule has 1 heterocycles. The Morgan fingerprint density at radius 2 is 1.81 bits per heavy atom. The molecule has 1 N–H and O–H groups in total. The van der Waals surface area contributed by atoms with E-state index in [1.54, 1.807) is 24.3 Å². The molecule has 3 aromatic carbocycles. The number of carbonyl (C=O) groups excluding carboxylic acids is 1. The zero-order chi connectivity index (χ0) is 25.4. The molecule has 0 bridgehead atoms. The summed E-state index contributed by atoms with van der Waals surface area (Å²) in [6.45, 7) is 0. The Bertz CT molecular complexity index is 1430. The fraction of sp³-hybridized carbons (Fsp3) is 0.185. The van der Waals surface area contributed by atoms with Gasteiger partial charge in [0.15, 0.2) is 0 Å². The zero-order valence-electron chi connectivity index (χ0n) is 19.2. The number of hydrogen-bond acceptors (Lipinski definition) is 6. The van der Waals surface area contributed by atoms with E-state index in [0.717, 1.165) is 12.8 Å². The maximum absolute atomic E-state index is 12.8. The highest BCUT2D eigenvalue weighted by molar-refractivity contribution is 6.42. The van der Waals surface area contributed by atoms with E-state index < -0.39 is 16.4 Å². The van der Waals surface area contributed by atoms with Crippen LogP contribution < -0.4 is 5.32 Å². The second-order valence-corrected chi connectivity index (χ2v) is 9.58. The number of esters is 1. The van der Waals surface area contributed by atoms with Gasteiger partial charge in [0.05, 0.1) is 27.6 Å². The summed E-state index contributed by atoms with van der Waals surface area (Å²) in [5.74, 6) is -0.110. The lowest BCUT2D eigenvalue weighted by molar-refractivity contribution is -0.384. The van der Waals surface area contributed by atoms with Crippen LogP contribution in [-0.4, -0.2) is 23.8 Å². The molecule has 1 aliphatic carbocycles. The topological polar surface area (TPSA) is 93.8 Å². The third-order valence-electron chi connectivity index (χ3n) is 6.72. The van der Waals surface area contributed by atoms with E-state index in [-0.39, 0.29) is 17.2 Å². The fourth-order valence-corrected chi connectivity index (χ4v) is 5.31. The van der Waals surface area contributed by atoms with Gasteiger partial charge < -0.3 is 10.1 Å². The number of halogens is 2. The maximum atomic E-state index is 12.8. The molecule has 0 amide bonds. The molecule has 0 spiro atoms. The normalized spacial score (nSPS) is 18.6. The van der Waals surface area contributed by atoms with Crippen LogP contribution >= 0.6 is 23.2 Å². The number of carbonyl (C=O) groups is 1. The van der Waals surface area contributed by atoms with Gasteiger partial charge in [-0.3, -0.25) is 15.1 Å². The Balaban J connectivity index is 1.63. The predicted molar refractivity (Wildman–Crippen MR) is 140 cm³/mol. The van der Waals surface area contributed by atoms with Crippen molar-refractivity contribution in [3.63, 3.8) is 0 Å². The van der Waals surface area contributed by atoms with E-state index in [4.69, 9.17) is 32.9 Å². The third-order valence-corrected chi connectivity index (χ3v) is 7.46. The Hall–Kier alpha value is -3.68. The smallest absolute Gasteiger partial charge is 0.338 e. The van der Waals surface area contributed by atoms with Crippen molar-refractivity contribution in [2.24, 2.45) is 10.9 Å². The highest BCUT2D eigenvalue weighted by Crippen LogP contribution is 2.47. The van der Waals surface area contributed by atoms with E-state index in [1.165, 1.54) is 30.4 Å². The molecule has 182 valence electrons. The molecule has 1 unspecified atom stereocenters. The summed E-state index contributed by atoms with van der Waals surface area (Å²) in [7, 11) is 1.26. The van der Waals surface area contributed by atoms with Gasteiger partial charge in [-0.25, -0.2) is 4.79 Å². The third kappa shape index (κ3) is 4.25. The highest BCUT2D eigenvalue weighted by Gasteiger charge is 2.46. The lowest BCUT2D eigenvalue weighted by Crippen LogP contribution is -2.33. The number of non-ortho nitro benzene ring substituents is 1. The van der Waals surface area contributed by atoms with Crippen molar-refractivity contribution >= 4 is 46.4 Å². The largest absolute Gasteiger partial charge is 0.465 e. The van der Waals surface area contributed by atoms with E-state index >= 15 is 0 Å². The number of nitrogens with zero attached hydrogens (tertiary/aromatic N) is 2. The van der Waals surface area contributed by atoms with Crippen molar-refractivity contribution in [3.8, 4) is 0 Å². The number of nitrogens with one attached hydrogen (secondary N) is 1. The van der Waals surface area contributed by atoms with Gasteiger partial charge in [-0.1, -0.05) is 47.5 Å². The second-order valence-electron chi connectivity index (χ2n) is 8.76. The van der Waals surface area contributed by atoms with Crippen LogP contribution in [0, 0.1) is 16.0 Å². The Labute approximate surface area is 217 Å². The van der Waals surface area contributed by atoms with Crippen LogP contribution in [0.5, 0.6) is 0 Å². The average Bonchev–Trinajstić information content (AvgIpc) is 3.50. The Kier molecular flexibility index (Phi) is 6.28. The molecule has 0 aromatic heterocycles. The first kappa shape index (κ1) is 24.0. The minimum absolute atomic E-state index is 0.0240. The Morgan fingerprint density at radius 3 is 2.44 bits per heavy atom. The molecule has 9 heteroatoms. The monoisotopic (exact) mass is 521 g/mol. The minimum atomic E-state index is -0.948. The summed E-state index contributed by atoms with van der Waals surface area (Å²) >= 11 is 12.2. The van der Waals surface area contributed by atoms with Gasteiger partial charge in [-0.2, -0.15) is 0 Å². The molecule has 1 aliphatic heterocycles. The Morgan fingerprint density at radius 1 is 1.08 bits per heavy atom. The summed E-state index contributed by atoms with van der Waals surface area (Å²) in [5, 5.41) is 15.6. The van der Waals surface area contributed by atoms with Gasteiger partial charge in [-0.05, 0) is 65.9 Å². The number of methoxy groups -OCH3 is 1. The molecular weight excluding hydrogens is 501 g/mol. The number of ether oxygens (including phenoxy) is 1. The van der Waals surface area contributed by atoms with Crippen LogP contribution in [0.2, 0.25) is 10.0 Å². The van der Waals surface area contributed by atoms with Gasteiger partial charge in [-0.15, -0.1) is 0 Å². The van der Waals surface area contributed by atoms with Gasteiger partial charge in [0, 0.05) is 23.7 Å². The van der Waals surface area contributed by atoms with Crippen LogP contribution in [0.3, 0.4) is 0 Å².